The summed E-state index contributed by atoms with van der Waals surface area (Å²) in [5.74, 6) is 0. The van der Waals surface area contributed by atoms with Crippen LogP contribution in [0.25, 0.3) is 0 Å². The van der Waals surface area contributed by atoms with Crippen molar-refractivity contribution >= 4 is 30.4 Å². The van der Waals surface area contributed by atoms with E-state index >= 15 is 0 Å². The molecule has 3 aromatic rings. The molecule has 0 atom stereocenters. The van der Waals surface area contributed by atoms with Gasteiger partial charge in [-0.25, -0.2) is 25.3 Å². The topological polar surface area (TPSA) is 192 Å². The predicted octanol–water partition coefficient (Wildman–Crippen LogP) is 2.30. The van der Waals surface area contributed by atoms with E-state index in [9.17, 15) is 38.9 Å². The average Bonchev–Trinajstić information content (AvgIpc) is 2.75. The van der Waals surface area contributed by atoms with Gasteiger partial charge in [-0.05, 0) is 57.2 Å². The molecule has 0 aliphatic rings. The fraction of sp³-hybridized carbons (Fsp3) is 0.182. The normalized spacial score (nSPS) is 10.7. The van der Waals surface area contributed by atoms with Gasteiger partial charge >= 0.3 is 17.1 Å². The Kier molecular flexibility index (Phi) is 15.9. The molecule has 0 spiro atoms. The van der Waals surface area contributed by atoms with E-state index in [4.69, 9.17) is 5.11 Å². The van der Waals surface area contributed by atoms with Crippen molar-refractivity contribution in [1.82, 2.24) is 0 Å². The SMILES string of the molecule is CO.Cc1ccc(S(=O)(=O)[O-])cc1.Cc1ccc(S(=O)(=O)[O-])cc1.Cc1ccc(S(=O)(=O)[O-])cc1.[Fe+3]. The molecule has 10 nitrogen and oxygen atoms in total. The summed E-state index contributed by atoms with van der Waals surface area (Å²) in [5, 5.41) is 7.00. The molecule has 0 bridgehead atoms. The number of aryl methyl sites for hydroxylation is 3. The van der Waals surface area contributed by atoms with Gasteiger partial charge in [0.15, 0.2) is 0 Å². The van der Waals surface area contributed by atoms with Gasteiger partial charge in [-0.15, -0.1) is 0 Å². The first-order valence-corrected chi connectivity index (χ1v) is 13.7. The second kappa shape index (κ2) is 15.9. The first kappa shape index (κ1) is 36.0. The van der Waals surface area contributed by atoms with Crippen molar-refractivity contribution in [2.24, 2.45) is 0 Å². The van der Waals surface area contributed by atoms with Gasteiger partial charge in [-0.1, -0.05) is 53.1 Å². The van der Waals surface area contributed by atoms with Crippen molar-refractivity contribution in [2.45, 2.75) is 35.5 Å². The van der Waals surface area contributed by atoms with Crippen LogP contribution in [0.1, 0.15) is 16.7 Å². The van der Waals surface area contributed by atoms with Gasteiger partial charge in [-0.3, -0.25) is 0 Å². The summed E-state index contributed by atoms with van der Waals surface area (Å²) < 4.78 is 93.5. The van der Waals surface area contributed by atoms with Crippen molar-refractivity contribution < 1.29 is 61.1 Å². The van der Waals surface area contributed by atoms with Crippen LogP contribution in [-0.4, -0.2) is 51.1 Å². The Hall–Kier alpha value is -2.13. The molecule has 0 aliphatic heterocycles. The average molecular weight is 601 g/mol. The first-order chi connectivity index (χ1) is 16.0. The standard InChI is InChI=1S/3C7H8O3S.CH4O.Fe/c3*1-6-2-4-7(5-3-6)11(8,9)10;1-2;/h3*2-5H,1H3,(H,8,9,10);2H,1H3;/q;;;;+3/p-3. The molecule has 3 aromatic carbocycles. The molecular formula is C22H25FeO10S3. The van der Waals surface area contributed by atoms with E-state index in [0.29, 0.717) is 0 Å². The van der Waals surface area contributed by atoms with Crippen LogP contribution in [0.3, 0.4) is 0 Å². The maximum Gasteiger partial charge on any atom is 3.00 e. The van der Waals surface area contributed by atoms with E-state index in [2.05, 4.69) is 0 Å². The van der Waals surface area contributed by atoms with Crippen LogP contribution >= 0.6 is 0 Å². The summed E-state index contributed by atoms with van der Waals surface area (Å²) in [6.45, 7) is 5.46. The van der Waals surface area contributed by atoms with E-state index < -0.39 is 30.4 Å². The summed E-state index contributed by atoms with van der Waals surface area (Å²) >= 11 is 0. The minimum Gasteiger partial charge on any atom is -0.744 e. The second-order valence-corrected chi connectivity index (χ2v) is 10.9. The molecule has 0 saturated carbocycles. The zero-order valence-corrected chi connectivity index (χ0v) is 23.2. The molecule has 0 fully saturated rings. The molecule has 0 unspecified atom stereocenters. The van der Waals surface area contributed by atoms with Gasteiger partial charge in [0.2, 0.25) is 0 Å². The number of aliphatic hydroxyl groups is 1. The Morgan fingerprint density at radius 3 is 0.694 bits per heavy atom. The second-order valence-electron chi connectivity index (χ2n) is 6.80. The van der Waals surface area contributed by atoms with Crippen LogP contribution in [-0.2, 0) is 47.4 Å². The summed E-state index contributed by atoms with van der Waals surface area (Å²) in [6.07, 6.45) is 0. The molecule has 36 heavy (non-hydrogen) atoms. The van der Waals surface area contributed by atoms with Crippen LogP contribution in [0.5, 0.6) is 0 Å². The largest absolute Gasteiger partial charge is 3.00 e. The summed E-state index contributed by atoms with van der Waals surface area (Å²) in [6, 6.07) is 17.3. The third-order valence-electron chi connectivity index (χ3n) is 3.93. The molecule has 1 N–H and O–H groups in total. The Balaban J connectivity index is 0. The minimum absolute atomic E-state index is 0. The van der Waals surface area contributed by atoms with Gasteiger partial charge in [0.05, 0.1) is 14.7 Å². The zero-order chi connectivity index (χ0) is 27.4. The Labute approximate surface area is 222 Å². The molecule has 0 aliphatic carbocycles. The van der Waals surface area contributed by atoms with Crippen LogP contribution in [0.2, 0.25) is 0 Å². The van der Waals surface area contributed by atoms with E-state index in [1.165, 1.54) is 36.4 Å². The summed E-state index contributed by atoms with van der Waals surface area (Å²) in [7, 11) is -11.8. The van der Waals surface area contributed by atoms with E-state index in [0.717, 1.165) is 23.8 Å². The summed E-state index contributed by atoms with van der Waals surface area (Å²) in [4.78, 5) is -0.533. The Morgan fingerprint density at radius 1 is 0.444 bits per heavy atom. The van der Waals surface area contributed by atoms with Crippen LogP contribution in [0.4, 0.5) is 0 Å². The molecular weight excluding hydrogens is 576 g/mol. The molecule has 3 rings (SSSR count). The maximum atomic E-state index is 10.4. The molecule has 199 valence electrons. The number of hydrogen-bond donors (Lipinski definition) is 1. The Morgan fingerprint density at radius 2 is 0.583 bits per heavy atom. The van der Waals surface area contributed by atoms with Gasteiger partial charge in [0.1, 0.15) is 30.4 Å². The number of hydrogen-bond acceptors (Lipinski definition) is 10. The number of rotatable bonds is 3. The van der Waals surface area contributed by atoms with Crippen LogP contribution in [0.15, 0.2) is 87.5 Å². The molecule has 0 aromatic heterocycles. The van der Waals surface area contributed by atoms with Crippen molar-refractivity contribution in [1.29, 1.82) is 0 Å². The molecule has 0 saturated heterocycles. The smallest absolute Gasteiger partial charge is 0.744 e. The van der Waals surface area contributed by atoms with Crippen LogP contribution < -0.4 is 0 Å². The molecule has 0 heterocycles. The third kappa shape index (κ3) is 14.4. The number of benzene rings is 3. The van der Waals surface area contributed by atoms with Crippen LogP contribution in [0, 0.1) is 20.8 Å². The van der Waals surface area contributed by atoms with Gasteiger partial charge in [0, 0.05) is 7.11 Å². The van der Waals surface area contributed by atoms with Crippen molar-refractivity contribution in [3.05, 3.63) is 89.5 Å². The third-order valence-corrected chi connectivity index (χ3v) is 6.48. The Bertz CT molecular complexity index is 1190. The fourth-order valence-corrected chi connectivity index (χ4v) is 3.52. The fourth-order valence-electron chi connectivity index (χ4n) is 2.11. The van der Waals surface area contributed by atoms with E-state index in [-0.39, 0.29) is 31.8 Å². The molecule has 0 amide bonds. The number of aliphatic hydroxyl groups excluding tert-OH is 1. The van der Waals surface area contributed by atoms with Gasteiger partial charge in [0.25, 0.3) is 0 Å². The summed E-state index contributed by atoms with van der Waals surface area (Å²) in [5.41, 5.74) is 2.78. The van der Waals surface area contributed by atoms with Gasteiger partial charge in [-0.2, -0.15) is 0 Å². The molecule has 1 radical (unpaired) electrons. The first-order valence-electron chi connectivity index (χ1n) is 9.52. The monoisotopic (exact) mass is 601 g/mol. The van der Waals surface area contributed by atoms with Crippen molar-refractivity contribution in [3.8, 4) is 0 Å². The maximum absolute atomic E-state index is 10.4. The quantitative estimate of drug-likeness (QED) is 0.344. The van der Waals surface area contributed by atoms with Crippen molar-refractivity contribution in [2.75, 3.05) is 7.11 Å². The zero-order valence-electron chi connectivity index (χ0n) is 19.6. The van der Waals surface area contributed by atoms with E-state index in [1.54, 1.807) is 36.4 Å². The van der Waals surface area contributed by atoms with Crippen molar-refractivity contribution in [3.63, 3.8) is 0 Å². The minimum atomic E-state index is -4.27. The molecule has 14 heteroatoms. The predicted molar refractivity (Wildman–Crippen MR) is 126 cm³/mol. The van der Waals surface area contributed by atoms with E-state index in [1.807, 2.05) is 20.8 Å². The van der Waals surface area contributed by atoms with Gasteiger partial charge < -0.3 is 18.8 Å².